The van der Waals surface area contributed by atoms with Crippen LogP contribution in [0.2, 0.25) is 0 Å². The molecule has 0 aromatic heterocycles. The molecule has 0 aliphatic heterocycles. The predicted octanol–water partition coefficient (Wildman–Crippen LogP) is 0.903. The molecule has 0 saturated heterocycles. The zero-order valence-electron chi connectivity index (χ0n) is 5.92. The second-order valence-electron chi connectivity index (χ2n) is 2.80. The van der Waals surface area contributed by atoms with Crippen molar-refractivity contribution >= 4 is 5.78 Å². The minimum absolute atomic E-state index is 0.144. The van der Waals surface area contributed by atoms with Gasteiger partial charge >= 0.3 is 0 Å². The van der Waals surface area contributed by atoms with Gasteiger partial charge in [0, 0.05) is 12.8 Å². The molecule has 0 spiro atoms. The monoisotopic (exact) mass is 140 g/mol. The van der Waals surface area contributed by atoms with Gasteiger partial charge < -0.3 is 5.11 Å². The van der Waals surface area contributed by atoms with E-state index in [2.05, 4.69) is 6.58 Å². The molecular weight excluding hydrogens is 128 g/mol. The maximum Gasteiger partial charge on any atom is 0.135 e. The summed E-state index contributed by atoms with van der Waals surface area (Å²) in [6.45, 7) is 3.56. The quantitative estimate of drug-likeness (QED) is 0.579. The Morgan fingerprint density at radius 3 is 2.80 bits per heavy atom. The molecule has 0 radical (unpaired) electrons. The molecule has 2 unspecified atom stereocenters. The number of ketones is 1. The maximum absolute atomic E-state index is 10.7. The highest BCUT2D eigenvalue weighted by atomic mass is 16.3. The fraction of sp³-hybridized carbons (Fsp3) is 0.625. The van der Waals surface area contributed by atoms with E-state index in [1.807, 2.05) is 0 Å². The van der Waals surface area contributed by atoms with Gasteiger partial charge in [0.2, 0.25) is 0 Å². The highest BCUT2D eigenvalue weighted by Gasteiger charge is 2.29. The third-order valence-corrected chi connectivity index (χ3v) is 1.94. The molecule has 0 aromatic rings. The van der Waals surface area contributed by atoms with Crippen LogP contribution in [0.1, 0.15) is 19.3 Å². The lowest BCUT2D eigenvalue weighted by Gasteiger charge is -2.08. The van der Waals surface area contributed by atoms with Crippen LogP contribution in [0.4, 0.5) is 0 Å². The Labute approximate surface area is 60.6 Å². The average Bonchev–Trinajstić information content (AvgIpc) is 2.13. The molecule has 1 rings (SSSR count). The third kappa shape index (κ3) is 1.45. The topological polar surface area (TPSA) is 37.3 Å². The summed E-state index contributed by atoms with van der Waals surface area (Å²) in [6.07, 6.45) is 2.98. The van der Waals surface area contributed by atoms with Crippen molar-refractivity contribution in [1.82, 2.24) is 0 Å². The number of Topliss-reactive ketones (excluding diaryl/α,β-unsaturated/α-hetero) is 1. The van der Waals surface area contributed by atoms with E-state index in [9.17, 15) is 9.90 Å². The number of carbonyl (C=O) groups is 1. The second-order valence-corrected chi connectivity index (χ2v) is 2.80. The van der Waals surface area contributed by atoms with E-state index in [1.165, 1.54) is 0 Å². The molecule has 1 aliphatic rings. The molecule has 1 N–H and O–H groups in total. The van der Waals surface area contributed by atoms with Crippen molar-refractivity contribution < 1.29 is 9.90 Å². The molecule has 0 aromatic carbocycles. The summed E-state index contributed by atoms with van der Waals surface area (Å²) in [7, 11) is 0. The second kappa shape index (κ2) is 2.97. The number of allylic oxidation sites excluding steroid dienone is 1. The van der Waals surface area contributed by atoms with E-state index in [1.54, 1.807) is 6.08 Å². The van der Waals surface area contributed by atoms with Crippen LogP contribution in [0.5, 0.6) is 0 Å². The molecule has 2 atom stereocenters. The highest BCUT2D eigenvalue weighted by molar-refractivity contribution is 5.81. The van der Waals surface area contributed by atoms with Crippen LogP contribution in [-0.2, 0) is 4.79 Å². The number of hydrogen-bond acceptors (Lipinski definition) is 2. The first-order chi connectivity index (χ1) is 4.74. The Balaban J connectivity index is 2.45. The van der Waals surface area contributed by atoms with Gasteiger partial charge in [-0.25, -0.2) is 0 Å². The lowest BCUT2D eigenvalue weighted by Crippen LogP contribution is -2.11. The largest absolute Gasteiger partial charge is 0.392 e. The van der Waals surface area contributed by atoms with Crippen molar-refractivity contribution in [3.63, 3.8) is 0 Å². The summed E-state index contributed by atoms with van der Waals surface area (Å²) in [5, 5.41) is 9.22. The molecule has 2 heteroatoms. The van der Waals surface area contributed by atoms with Crippen LogP contribution in [0, 0.1) is 5.92 Å². The first kappa shape index (κ1) is 7.48. The summed E-state index contributed by atoms with van der Waals surface area (Å²) < 4.78 is 0. The molecule has 1 saturated carbocycles. The van der Waals surface area contributed by atoms with Crippen LogP contribution in [0.25, 0.3) is 0 Å². The Morgan fingerprint density at radius 1 is 1.70 bits per heavy atom. The van der Waals surface area contributed by atoms with Gasteiger partial charge in [-0.05, 0) is 12.3 Å². The minimum atomic E-state index is -0.412. The number of hydrogen-bond donors (Lipinski definition) is 1. The molecule has 0 amide bonds. The molecule has 0 bridgehead atoms. The molecule has 1 aliphatic carbocycles. The summed E-state index contributed by atoms with van der Waals surface area (Å²) in [6, 6.07) is 0. The first-order valence-electron chi connectivity index (χ1n) is 3.54. The fourth-order valence-corrected chi connectivity index (χ4v) is 1.37. The summed E-state index contributed by atoms with van der Waals surface area (Å²) >= 11 is 0. The summed E-state index contributed by atoms with van der Waals surface area (Å²) in [5.74, 6) is 0.323. The van der Waals surface area contributed by atoms with E-state index < -0.39 is 6.10 Å². The average molecular weight is 140 g/mol. The van der Waals surface area contributed by atoms with Crippen molar-refractivity contribution in [3.8, 4) is 0 Å². The molecule has 1 fully saturated rings. The van der Waals surface area contributed by atoms with Gasteiger partial charge in [0.15, 0.2) is 0 Å². The van der Waals surface area contributed by atoms with Gasteiger partial charge in [-0.2, -0.15) is 0 Å². The molecule has 0 heterocycles. The van der Waals surface area contributed by atoms with Gasteiger partial charge in [0.25, 0.3) is 0 Å². The zero-order chi connectivity index (χ0) is 7.56. The van der Waals surface area contributed by atoms with E-state index in [4.69, 9.17) is 0 Å². The lowest BCUT2D eigenvalue weighted by molar-refractivity contribution is -0.117. The summed E-state index contributed by atoms with van der Waals surface area (Å²) in [4.78, 5) is 10.7. The van der Waals surface area contributed by atoms with Gasteiger partial charge in [-0.3, -0.25) is 4.79 Å². The molecular formula is C8H12O2. The normalized spacial score (nSPS) is 32.7. The maximum atomic E-state index is 10.7. The lowest BCUT2D eigenvalue weighted by atomic mass is 10.0. The van der Waals surface area contributed by atoms with Crippen molar-refractivity contribution in [2.24, 2.45) is 5.92 Å². The fourth-order valence-electron chi connectivity index (χ4n) is 1.37. The Kier molecular flexibility index (Phi) is 2.22. The first-order valence-corrected chi connectivity index (χ1v) is 3.54. The van der Waals surface area contributed by atoms with Crippen molar-refractivity contribution in [1.29, 1.82) is 0 Å². The van der Waals surface area contributed by atoms with Crippen LogP contribution in [-0.4, -0.2) is 17.0 Å². The van der Waals surface area contributed by atoms with Gasteiger partial charge in [0.1, 0.15) is 5.78 Å². The van der Waals surface area contributed by atoms with E-state index in [0.717, 1.165) is 6.42 Å². The number of aliphatic hydroxyl groups is 1. The van der Waals surface area contributed by atoms with Crippen LogP contribution in [0.3, 0.4) is 0 Å². The number of aliphatic hydroxyl groups excluding tert-OH is 1. The van der Waals surface area contributed by atoms with Crippen LogP contribution in [0.15, 0.2) is 12.7 Å². The molecule has 10 heavy (non-hydrogen) atoms. The predicted molar refractivity (Wildman–Crippen MR) is 38.6 cm³/mol. The summed E-state index contributed by atoms with van der Waals surface area (Å²) in [5.41, 5.74) is 0. The van der Waals surface area contributed by atoms with E-state index in [-0.39, 0.29) is 11.7 Å². The van der Waals surface area contributed by atoms with Gasteiger partial charge in [-0.1, -0.05) is 6.08 Å². The smallest absolute Gasteiger partial charge is 0.135 e. The SMILES string of the molecule is C=CCC1CC(=O)CC1O. The minimum Gasteiger partial charge on any atom is -0.392 e. The Morgan fingerprint density at radius 2 is 2.40 bits per heavy atom. The van der Waals surface area contributed by atoms with Gasteiger partial charge in [0.05, 0.1) is 6.10 Å². The molecule has 56 valence electrons. The van der Waals surface area contributed by atoms with Crippen molar-refractivity contribution in [3.05, 3.63) is 12.7 Å². The highest BCUT2D eigenvalue weighted by Crippen LogP contribution is 2.25. The van der Waals surface area contributed by atoms with Crippen molar-refractivity contribution in [2.75, 3.05) is 0 Å². The van der Waals surface area contributed by atoms with Crippen LogP contribution >= 0.6 is 0 Å². The third-order valence-electron chi connectivity index (χ3n) is 1.94. The van der Waals surface area contributed by atoms with Crippen LogP contribution < -0.4 is 0 Å². The zero-order valence-corrected chi connectivity index (χ0v) is 5.92. The van der Waals surface area contributed by atoms with E-state index in [0.29, 0.717) is 12.8 Å². The van der Waals surface area contributed by atoms with Crippen molar-refractivity contribution in [2.45, 2.75) is 25.4 Å². The Hall–Kier alpha value is -0.630. The molecule has 2 nitrogen and oxygen atoms in total. The van der Waals surface area contributed by atoms with E-state index >= 15 is 0 Å². The number of rotatable bonds is 2. The van der Waals surface area contributed by atoms with Gasteiger partial charge in [-0.15, -0.1) is 6.58 Å². The Bertz CT molecular complexity index is 151. The number of carbonyl (C=O) groups excluding carboxylic acids is 1. The standard InChI is InChI=1S/C8H12O2/c1-2-3-6-4-7(9)5-8(6)10/h2,6,8,10H,1,3-5H2.